The molecule has 2 unspecified atom stereocenters. The summed E-state index contributed by atoms with van der Waals surface area (Å²) >= 11 is 4.22. The molecule has 0 aromatic heterocycles. The number of hydrogen-bond acceptors (Lipinski definition) is 3. The van der Waals surface area contributed by atoms with E-state index in [1.807, 2.05) is 0 Å². The molecular weight excluding hydrogens is 258 g/mol. The molecule has 1 aliphatic rings. The Labute approximate surface area is 122 Å². The van der Waals surface area contributed by atoms with Crippen LogP contribution >= 0.6 is 23.5 Å². The third-order valence-electron chi connectivity index (χ3n) is 2.73. The first-order valence-corrected chi connectivity index (χ1v) is 9.16. The maximum atomic E-state index is 3.69. The highest BCUT2D eigenvalue weighted by Gasteiger charge is 2.23. The van der Waals surface area contributed by atoms with Crippen molar-refractivity contribution in [3.8, 4) is 11.8 Å². The molecule has 1 nitrogen and oxygen atoms in total. The van der Waals surface area contributed by atoms with Crippen molar-refractivity contribution >= 4 is 23.5 Å². The summed E-state index contributed by atoms with van der Waals surface area (Å²) in [6.45, 7) is 9.89. The van der Waals surface area contributed by atoms with Crippen LogP contribution < -0.4 is 5.32 Å². The monoisotopic (exact) mass is 285 g/mol. The van der Waals surface area contributed by atoms with Crippen LogP contribution in [0.2, 0.25) is 0 Å². The molecule has 0 aromatic carbocycles. The minimum Gasteiger partial charge on any atom is -0.312 e. The molecule has 0 aliphatic carbocycles. The molecule has 0 amide bonds. The van der Waals surface area contributed by atoms with E-state index in [1.165, 1.54) is 23.7 Å². The summed E-state index contributed by atoms with van der Waals surface area (Å²) in [6, 6.07) is 0.567. The molecule has 0 radical (unpaired) electrons. The van der Waals surface area contributed by atoms with Crippen LogP contribution in [0.5, 0.6) is 0 Å². The summed E-state index contributed by atoms with van der Waals surface area (Å²) < 4.78 is 0. The smallest absolute Gasteiger partial charge is 0.0303 e. The third-order valence-corrected chi connectivity index (χ3v) is 5.65. The molecule has 0 aromatic rings. The lowest BCUT2D eigenvalue weighted by Crippen LogP contribution is -2.41. The van der Waals surface area contributed by atoms with E-state index in [0.29, 0.717) is 6.04 Å². The lowest BCUT2D eigenvalue weighted by atomic mass is 9.97. The van der Waals surface area contributed by atoms with Gasteiger partial charge in [0.15, 0.2) is 0 Å². The van der Waals surface area contributed by atoms with Crippen molar-refractivity contribution in [3.05, 3.63) is 0 Å². The molecule has 18 heavy (non-hydrogen) atoms. The van der Waals surface area contributed by atoms with E-state index >= 15 is 0 Å². The molecule has 104 valence electrons. The van der Waals surface area contributed by atoms with Crippen molar-refractivity contribution in [1.82, 2.24) is 5.32 Å². The van der Waals surface area contributed by atoms with Crippen LogP contribution in [0.3, 0.4) is 0 Å². The minimum atomic E-state index is 0.129. The van der Waals surface area contributed by atoms with Crippen LogP contribution in [0.25, 0.3) is 0 Å². The third kappa shape index (κ3) is 6.97. The second-order valence-electron chi connectivity index (χ2n) is 5.80. The first-order chi connectivity index (χ1) is 8.53. The van der Waals surface area contributed by atoms with E-state index < -0.39 is 0 Å². The maximum absolute atomic E-state index is 3.69. The first-order valence-electron chi connectivity index (χ1n) is 6.95. The van der Waals surface area contributed by atoms with Crippen molar-refractivity contribution < 1.29 is 0 Å². The molecule has 3 heteroatoms. The molecule has 1 aliphatic heterocycles. The average Bonchev–Trinajstić information content (AvgIpc) is 2.33. The van der Waals surface area contributed by atoms with Crippen molar-refractivity contribution in [2.24, 2.45) is 5.41 Å². The van der Waals surface area contributed by atoms with Gasteiger partial charge in [-0.1, -0.05) is 12.8 Å². The topological polar surface area (TPSA) is 12.0 Å². The van der Waals surface area contributed by atoms with E-state index in [4.69, 9.17) is 0 Å². The molecule has 0 saturated carbocycles. The summed E-state index contributed by atoms with van der Waals surface area (Å²) in [4.78, 5) is 0. The second-order valence-corrected chi connectivity index (χ2v) is 8.30. The fourth-order valence-electron chi connectivity index (χ4n) is 1.83. The molecule has 1 fully saturated rings. The fourth-order valence-corrected chi connectivity index (χ4v) is 4.72. The van der Waals surface area contributed by atoms with Gasteiger partial charge in [-0.05, 0) is 33.7 Å². The number of hydrogen-bond donors (Lipinski definition) is 1. The zero-order chi connectivity index (χ0) is 13.4. The van der Waals surface area contributed by atoms with Crippen LogP contribution in [0, 0.1) is 17.3 Å². The van der Waals surface area contributed by atoms with Crippen molar-refractivity contribution in [1.29, 1.82) is 0 Å². The van der Waals surface area contributed by atoms with Gasteiger partial charge in [-0.25, -0.2) is 0 Å². The van der Waals surface area contributed by atoms with Crippen molar-refractivity contribution in [3.63, 3.8) is 0 Å². The van der Waals surface area contributed by atoms with Gasteiger partial charge in [0.2, 0.25) is 0 Å². The van der Waals surface area contributed by atoms with Crippen LogP contribution in [-0.4, -0.2) is 35.1 Å². The summed E-state index contributed by atoms with van der Waals surface area (Å²) in [5, 5.41) is 4.43. The van der Waals surface area contributed by atoms with Crippen LogP contribution in [-0.2, 0) is 0 Å². The van der Waals surface area contributed by atoms with Gasteiger partial charge in [-0.15, -0.1) is 5.92 Å². The Kier molecular flexibility index (Phi) is 7.60. The van der Waals surface area contributed by atoms with Gasteiger partial charge in [0.25, 0.3) is 0 Å². The Hall–Kier alpha value is 0.220. The van der Waals surface area contributed by atoms with Crippen LogP contribution in [0.4, 0.5) is 0 Å². The summed E-state index contributed by atoms with van der Waals surface area (Å²) in [5.74, 6) is 10.7. The molecule has 1 rings (SSSR count). The second kappa shape index (κ2) is 8.40. The zero-order valence-electron chi connectivity index (χ0n) is 12.2. The van der Waals surface area contributed by atoms with Gasteiger partial charge in [-0.3, -0.25) is 0 Å². The van der Waals surface area contributed by atoms with E-state index in [-0.39, 0.29) is 5.41 Å². The molecule has 2 atom stereocenters. The average molecular weight is 286 g/mol. The van der Waals surface area contributed by atoms with Crippen molar-refractivity contribution in [2.45, 2.75) is 51.8 Å². The predicted octanol–water partition coefficient (Wildman–Crippen LogP) is 3.64. The molecule has 1 N–H and O–H groups in total. The number of rotatable bonds is 5. The van der Waals surface area contributed by atoms with Gasteiger partial charge in [0.05, 0.1) is 0 Å². The van der Waals surface area contributed by atoms with Gasteiger partial charge >= 0.3 is 0 Å². The Morgan fingerprint density at radius 3 is 2.67 bits per heavy atom. The maximum Gasteiger partial charge on any atom is 0.0303 e. The SMILES string of the molecule is CCCNC(CC#CC(C)(C)C)C1CSCCS1. The highest BCUT2D eigenvalue weighted by molar-refractivity contribution is 8.06. The fraction of sp³-hybridized carbons (Fsp3) is 0.867. The molecule has 0 spiro atoms. The molecule has 1 heterocycles. The summed E-state index contributed by atoms with van der Waals surface area (Å²) in [7, 11) is 0. The van der Waals surface area contributed by atoms with E-state index in [9.17, 15) is 0 Å². The van der Waals surface area contributed by atoms with Gasteiger partial charge in [0.1, 0.15) is 0 Å². The van der Waals surface area contributed by atoms with Gasteiger partial charge in [0, 0.05) is 40.4 Å². The highest BCUT2D eigenvalue weighted by Crippen LogP contribution is 2.27. The number of thioether (sulfide) groups is 2. The van der Waals surface area contributed by atoms with Crippen molar-refractivity contribution in [2.75, 3.05) is 23.8 Å². The largest absolute Gasteiger partial charge is 0.312 e. The predicted molar refractivity (Wildman–Crippen MR) is 87.5 cm³/mol. The normalized spacial score (nSPS) is 22.1. The lowest BCUT2D eigenvalue weighted by molar-refractivity contribution is 0.515. The van der Waals surface area contributed by atoms with Gasteiger partial charge < -0.3 is 5.32 Å². The minimum absolute atomic E-state index is 0.129. The molecule has 0 bridgehead atoms. The van der Waals surface area contributed by atoms with Gasteiger partial charge in [-0.2, -0.15) is 23.5 Å². The van der Waals surface area contributed by atoms with E-state index in [0.717, 1.165) is 18.2 Å². The Morgan fingerprint density at radius 1 is 1.33 bits per heavy atom. The lowest BCUT2D eigenvalue weighted by Gasteiger charge is -2.29. The molecular formula is C15H27NS2. The number of nitrogens with one attached hydrogen (secondary N) is 1. The Bertz CT molecular complexity index is 279. The zero-order valence-corrected chi connectivity index (χ0v) is 13.8. The summed E-state index contributed by atoms with van der Waals surface area (Å²) in [6.07, 6.45) is 2.20. The quantitative estimate of drug-likeness (QED) is 0.775. The van der Waals surface area contributed by atoms with E-state index in [1.54, 1.807) is 0 Å². The molecule has 1 saturated heterocycles. The Balaban J connectivity index is 2.50. The van der Waals surface area contributed by atoms with Crippen LogP contribution in [0.15, 0.2) is 0 Å². The van der Waals surface area contributed by atoms with E-state index in [2.05, 4.69) is 68.4 Å². The first kappa shape index (κ1) is 16.3. The standard InChI is InChI=1S/C15H27NS2/c1-5-9-16-13(7-6-8-15(2,3)4)14-12-17-10-11-18-14/h13-14,16H,5,7,9-12H2,1-4H3. The Morgan fingerprint density at radius 2 is 2.11 bits per heavy atom. The summed E-state index contributed by atoms with van der Waals surface area (Å²) in [5.41, 5.74) is 0.129. The van der Waals surface area contributed by atoms with Crippen LogP contribution in [0.1, 0.15) is 40.5 Å². The highest BCUT2D eigenvalue weighted by atomic mass is 32.2.